The molecule has 0 saturated carbocycles. The maximum absolute atomic E-state index is 14.8. The Morgan fingerprint density at radius 1 is 1.12 bits per heavy atom. The highest BCUT2D eigenvalue weighted by atomic mass is 19.1. The van der Waals surface area contributed by atoms with Crippen molar-refractivity contribution in [2.45, 2.75) is 19.5 Å². The average Bonchev–Trinajstić information content (AvgIpc) is 2.82. The number of carbonyl (C=O) groups excluding carboxylic acids is 2. The van der Waals surface area contributed by atoms with Gasteiger partial charge in [0.2, 0.25) is 6.41 Å². The van der Waals surface area contributed by atoms with Gasteiger partial charge in [0.1, 0.15) is 12.0 Å². The molecule has 0 bridgehead atoms. The SMILES string of the molecule is Cc1ccc(C[C@H](NC=O)Nc2nc(Nc3ccc4ncccc4c3)c(C(N)=O)cc2F)cc1. The van der Waals surface area contributed by atoms with Crippen molar-refractivity contribution in [1.82, 2.24) is 15.3 Å². The maximum Gasteiger partial charge on any atom is 0.252 e. The fourth-order valence-electron chi connectivity index (χ4n) is 3.52. The Balaban J connectivity index is 1.64. The van der Waals surface area contributed by atoms with Crippen molar-refractivity contribution in [3.63, 3.8) is 0 Å². The Bertz CT molecular complexity index is 1340. The van der Waals surface area contributed by atoms with E-state index in [1.165, 1.54) is 0 Å². The molecule has 8 nitrogen and oxygen atoms in total. The first kappa shape index (κ1) is 22.7. The van der Waals surface area contributed by atoms with E-state index in [-0.39, 0.29) is 17.2 Å². The van der Waals surface area contributed by atoms with Gasteiger partial charge in [0.15, 0.2) is 11.6 Å². The van der Waals surface area contributed by atoms with Crippen LogP contribution in [0.4, 0.5) is 21.7 Å². The number of amides is 2. The summed E-state index contributed by atoms with van der Waals surface area (Å²) in [6.45, 7) is 1.98. The zero-order valence-electron chi connectivity index (χ0n) is 18.4. The molecular formula is C25H23FN6O2. The number of carbonyl (C=O) groups is 2. The van der Waals surface area contributed by atoms with Crippen LogP contribution in [0.1, 0.15) is 21.5 Å². The summed E-state index contributed by atoms with van der Waals surface area (Å²) >= 11 is 0. The third-order valence-corrected chi connectivity index (χ3v) is 5.25. The Hall–Kier alpha value is -4.53. The lowest BCUT2D eigenvalue weighted by Gasteiger charge is -2.20. The van der Waals surface area contributed by atoms with Gasteiger partial charge in [-0.2, -0.15) is 0 Å². The predicted octanol–water partition coefficient (Wildman–Crippen LogP) is 3.65. The molecule has 0 spiro atoms. The molecule has 2 heterocycles. The molecular weight excluding hydrogens is 435 g/mol. The van der Waals surface area contributed by atoms with Gasteiger partial charge in [-0.3, -0.25) is 14.6 Å². The summed E-state index contributed by atoms with van der Waals surface area (Å²) in [6, 6.07) is 17.9. The van der Waals surface area contributed by atoms with Crippen molar-refractivity contribution < 1.29 is 14.0 Å². The van der Waals surface area contributed by atoms with Crippen LogP contribution in [0.5, 0.6) is 0 Å². The minimum atomic E-state index is -0.829. The monoisotopic (exact) mass is 458 g/mol. The first-order valence-corrected chi connectivity index (χ1v) is 10.6. The van der Waals surface area contributed by atoms with Gasteiger partial charge in [-0.1, -0.05) is 35.9 Å². The zero-order chi connectivity index (χ0) is 24.1. The molecule has 0 saturated heterocycles. The quantitative estimate of drug-likeness (QED) is 0.224. The molecule has 172 valence electrons. The van der Waals surface area contributed by atoms with Gasteiger partial charge in [0.25, 0.3) is 5.91 Å². The molecule has 34 heavy (non-hydrogen) atoms. The summed E-state index contributed by atoms with van der Waals surface area (Å²) < 4.78 is 14.8. The lowest BCUT2D eigenvalue weighted by atomic mass is 10.1. The molecule has 0 aliphatic rings. The second kappa shape index (κ2) is 9.95. The predicted molar refractivity (Wildman–Crippen MR) is 129 cm³/mol. The topological polar surface area (TPSA) is 122 Å². The average molecular weight is 458 g/mol. The van der Waals surface area contributed by atoms with Crippen molar-refractivity contribution in [2.24, 2.45) is 5.73 Å². The molecule has 0 fully saturated rings. The largest absolute Gasteiger partial charge is 0.365 e. The number of anilines is 3. The van der Waals surface area contributed by atoms with Crippen LogP contribution in [-0.2, 0) is 11.2 Å². The second-order valence-electron chi connectivity index (χ2n) is 7.79. The number of fused-ring (bicyclic) bond motifs is 1. The van der Waals surface area contributed by atoms with E-state index in [0.717, 1.165) is 28.1 Å². The number of nitrogens with zero attached hydrogens (tertiary/aromatic N) is 2. The number of pyridine rings is 2. The van der Waals surface area contributed by atoms with Crippen molar-refractivity contribution in [1.29, 1.82) is 0 Å². The van der Waals surface area contributed by atoms with Crippen LogP contribution in [0.3, 0.4) is 0 Å². The van der Waals surface area contributed by atoms with Crippen molar-refractivity contribution in [3.8, 4) is 0 Å². The summed E-state index contributed by atoms with van der Waals surface area (Å²) in [5, 5.41) is 9.45. The van der Waals surface area contributed by atoms with Gasteiger partial charge in [-0.05, 0) is 42.8 Å². The number of halogens is 1. The molecule has 2 aromatic carbocycles. The van der Waals surface area contributed by atoms with Crippen LogP contribution >= 0.6 is 0 Å². The minimum absolute atomic E-state index is 0.0832. The van der Waals surface area contributed by atoms with Crippen LogP contribution < -0.4 is 21.7 Å². The van der Waals surface area contributed by atoms with Gasteiger partial charge >= 0.3 is 0 Å². The number of hydrogen-bond donors (Lipinski definition) is 4. The molecule has 5 N–H and O–H groups in total. The first-order chi connectivity index (χ1) is 16.4. The highest BCUT2D eigenvalue weighted by Crippen LogP contribution is 2.26. The van der Waals surface area contributed by atoms with Gasteiger partial charge in [-0.25, -0.2) is 9.37 Å². The zero-order valence-corrected chi connectivity index (χ0v) is 18.4. The van der Waals surface area contributed by atoms with Crippen LogP contribution in [0.2, 0.25) is 0 Å². The summed E-state index contributed by atoms with van der Waals surface area (Å²) in [7, 11) is 0. The molecule has 4 rings (SSSR count). The standard InChI is InChI=1S/C25H23FN6O2/c1-15-4-6-16(7-5-15)11-22(29-14-33)31-25-20(26)13-19(23(27)34)24(32-25)30-18-8-9-21-17(12-18)3-2-10-28-21/h2-10,12-14,22H,11H2,1H3,(H2,27,34)(H,29,33)(H2,30,31,32)/t22-/m1/s1. The molecule has 0 unspecified atom stereocenters. The number of aromatic nitrogens is 2. The van der Waals surface area contributed by atoms with Crippen molar-refractivity contribution in [2.75, 3.05) is 10.6 Å². The smallest absolute Gasteiger partial charge is 0.252 e. The molecule has 0 aliphatic heterocycles. The third-order valence-electron chi connectivity index (χ3n) is 5.25. The summed E-state index contributed by atoms with van der Waals surface area (Å²) in [4.78, 5) is 31.7. The minimum Gasteiger partial charge on any atom is -0.365 e. The summed E-state index contributed by atoms with van der Waals surface area (Å²) in [6.07, 6.45) is 1.98. The van der Waals surface area contributed by atoms with Gasteiger partial charge < -0.3 is 21.7 Å². The third kappa shape index (κ3) is 5.26. The number of aryl methyl sites for hydroxylation is 1. The molecule has 0 aliphatic carbocycles. The highest BCUT2D eigenvalue weighted by molar-refractivity contribution is 5.99. The molecule has 4 aromatic rings. The van der Waals surface area contributed by atoms with E-state index in [0.29, 0.717) is 18.5 Å². The highest BCUT2D eigenvalue weighted by Gasteiger charge is 2.19. The van der Waals surface area contributed by atoms with E-state index in [1.54, 1.807) is 12.3 Å². The Morgan fingerprint density at radius 3 is 2.65 bits per heavy atom. The molecule has 9 heteroatoms. The number of nitrogens with one attached hydrogen (secondary N) is 3. The van der Waals surface area contributed by atoms with E-state index >= 15 is 0 Å². The fourth-order valence-corrected chi connectivity index (χ4v) is 3.52. The van der Waals surface area contributed by atoms with Crippen LogP contribution in [0, 0.1) is 12.7 Å². The second-order valence-corrected chi connectivity index (χ2v) is 7.79. The van der Waals surface area contributed by atoms with Crippen molar-refractivity contribution >= 4 is 40.5 Å². The number of hydrogen-bond acceptors (Lipinski definition) is 6. The molecule has 1 atom stereocenters. The number of primary amides is 1. The number of rotatable bonds is 9. The molecule has 2 aromatic heterocycles. The Labute approximate surface area is 195 Å². The number of nitrogens with two attached hydrogens (primary N) is 1. The van der Waals surface area contributed by atoms with Crippen LogP contribution in [-0.4, -0.2) is 28.5 Å². The number of benzene rings is 2. The van der Waals surface area contributed by atoms with E-state index in [2.05, 4.69) is 25.9 Å². The van der Waals surface area contributed by atoms with Crippen LogP contribution in [0.15, 0.2) is 66.9 Å². The Kier molecular flexibility index (Phi) is 6.63. The summed E-state index contributed by atoms with van der Waals surface area (Å²) in [5.74, 6) is -1.66. The lowest BCUT2D eigenvalue weighted by molar-refractivity contribution is -0.110. The maximum atomic E-state index is 14.8. The molecule has 2 amide bonds. The van der Waals surface area contributed by atoms with E-state index in [1.807, 2.05) is 55.5 Å². The van der Waals surface area contributed by atoms with E-state index in [9.17, 15) is 14.0 Å². The first-order valence-electron chi connectivity index (χ1n) is 10.6. The van der Waals surface area contributed by atoms with Gasteiger partial charge in [-0.15, -0.1) is 0 Å². The van der Waals surface area contributed by atoms with E-state index < -0.39 is 17.9 Å². The fraction of sp³-hybridized carbons (Fsp3) is 0.120. The van der Waals surface area contributed by atoms with Crippen molar-refractivity contribution in [3.05, 3.63) is 89.4 Å². The van der Waals surface area contributed by atoms with Crippen LogP contribution in [0.25, 0.3) is 10.9 Å². The normalized spacial score (nSPS) is 11.6. The summed E-state index contributed by atoms with van der Waals surface area (Å²) in [5.41, 5.74) is 8.83. The van der Waals surface area contributed by atoms with Gasteiger partial charge in [0.05, 0.1) is 11.1 Å². The molecule has 0 radical (unpaired) electrons. The van der Waals surface area contributed by atoms with Gasteiger partial charge in [0, 0.05) is 23.7 Å². The van der Waals surface area contributed by atoms with E-state index in [4.69, 9.17) is 5.73 Å². The Morgan fingerprint density at radius 2 is 1.91 bits per heavy atom. The lowest BCUT2D eigenvalue weighted by Crippen LogP contribution is -2.38.